The van der Waals surface area contributed by atoms with Crippen molar-refractivity contribution in [1.29, 1.82) is 0 Å². The lowest BCUT2D eigenvalue weighted by Gasteiger charge is -1.92. The largest absolute Gasteiger partial charge is 0.478 e. The molecule has 0 spiro atoms. The number of nitrogens with zero attached hydrogens (tertiary/aromatic N) is 1. The predicted octanol–water partition coefficient (Wildman–Crippen LogP) is 1.55. The second-order valence-electron chi connectivity index (χ2n) is 2.65. The van der Waals surface area contributed by atoms with Gasteiger partial charge in [-0.05, 0) is 12.1 Å². The molecule has 0 aromatic heterocycles. The third kappa shape index (κ3) is 5.67. The molecule has 0 saturated carbocycles. The van der Waals surface area contributed by atoms with E-state index in [9.17, 15) is 19.7 Å². The Morgan fingerprint density at radius 1 is 1.24 bits per heavy atom. The minimum atomic E-state index is -1.09. The molecule has 0 aliphatic heterocycles. The molecule has 1 aromatic rings. The molecule has 17 heavy (non-hydrogen) atoms. The van der Waals surface area contributed by atoms with Crippen LogP contribution in [-0.2, 0) is 4.79 Å². The average molecular weight is 239 g/mol. The zero-order valence-corrected chi connectivity index (χ0v) is 8.57. The number of hydrogen-bond donors (Lipinski definition) is 2. The van der Waals surface area contributed by atoms with Crippen molar-refractivity contribution in [3.63, 3.8) is 0 Å². The molecule has 0 atom stereocenters. The lowest BCUT2D eigenvalue weighted by atomic mass is 10.2. The van der Waals surface area contributed by atoms with Crippen molar-refractivity contribution in [3.8, 4) is 0 Å². The Morgan fingerprint density at radius 2 is 1.65 bits per heavy atom. The molecule has 1 aromatic carbocycles. The number of benzene rings is 1. The lowest BCUT2D eigenvalue weighted by molar-refractivity contribution is -0.384. The van der Waals surface area contributed by atoms with Gasteiger partial charge in [0.05, 0.1) is 10.5 Å². The summed E-state index contributed by atoms with van der Waals surface area (Å²) in [4.78, 5) is 29.1. The summed E-state index contributed by atoms with van der Waals surface area (Å²) in [6.07, 6.45) is 0.833. The number of hydrogen-bond acceptors (Lipinski definition) is 4. The zero-order chi connectivity index (χ0) is 13.4. The fourth-order valence-corrected chi connectivity index (χ4v) is 0.726. The Kier molecular flexibility index (Phi) is 5.66. The van der Waals surface area contributed by atoms with Gasteiger partial charge in [-0.25, -0.2) is 9.59 Å². The van der Waals surface area contributed by atoms with Gasteiger partial charge in [-0.2, -0.15) is 0 Å². The molecule has 0 bridgehead atoms. The summed E-state index contributed by atoms with van der Waals surface area (Å²) in [6, 6.07) is 4.70. The minimum absolute atomic E-state index is 0.0422. The van der Waals surface area contributed by atoms with E-state index in [2.05, 4.69) is 6.58 Å². The number of nitro groups is 1. The molecule has 90 valence electrons. The van der Waals surface area contributed by atoms with Gasteiger partial charge in [0.1, 0.15) is 0 Å². The molecule has 0 radical (unpaired) electrons. The predicted molar refractivity (Wildman–Crippen MR) is 57.9 cm³/mol. The van der Waals surface area contributed by atoms with Crippen molar-refractivity contribution >= 4 is 17.6 Å². The number of carbonyl (C=O) groups is 2. The van der Waals surface area contributed by atoms with Crippen LogP contribution in [-0.4, -0.2) is 27.1 Å². The van der Waals surface area contributed by atoms with Crippen molar-refractivity contribution in [2.24, 2.45) is 0 Å². The summed E-state index contributed by atoms with van der Waals surface area (Å²) < 4.78 is 0. The van der Waals surface area contributed by atoms with Crippen molar-refractivity contribution in [1.82, 2.24) is 0 Å². The maximum atomic E-state index is 10.3. The molecule has 1 rings (SSSR count). The molecule has 0 amide bonds. The Bertz CT molecular complexity index is 404. The molecule has 0 aliphatic carbocycles. The number of carboxylic acids is 2. The first-order chi connectivity index (χ1) is 7.88. The Hall–Kier alpha value is -2.70. The Morgan fingerprint density at radius 3 is 1.88 bits per heavy atom. The average Bonchev–Trinajstić information content (AvgIpc) is 2.29. The van der Waals surface area contributed by atoms with Gasteiger partial charge in [-0.15, -0.1) is 0 Å². The molecule has 0 aliphatic rings. The highest BCUT2D eigenvalue weighted by Gasteiger charge is 2.06. The summed E-state index contributed by atoms with van der Waals surface area (Å²) in [5, 5.41) is 26.2. The molecular formula is C10H9NO6. The number of aliphatic carboxylic acids is 1. The normalized spacial score (nSPS) is 8.47. The molecule has 0 fully saturated rings. The van der Waals surface area contributed by atoms with Crippen LogP contribution < -0.4 is 0 Å². The zero-order valence-electron chi connectivity index (χ0n) is 8.57. The van der Waals surface area contributed by atoms with Gasteiger partial charge in [0.2, 0.25) is 0 Å². The van der Waals surface area contributed by atoms with Gasteiger partial charge < -0.3 is 10.2 Å². The Balaban J connectivity index is 0.000000437. The van der Waals surface area contributed by atoms with Gasteiger partial charge in [-0.3, -0.25) is 10.1 Å². The summed E-state index contributed by atoms with van der Waals surface area (Å²) in [5.41, 5.74) is -0.0689. The van der Waals surface area contributed by atoms with Crippen LogP contribution in [0.1, 0.15) is 10.4 Å². The maximum absolute atomic E-state index is 10.3. The van der Waals surface area contributed by atoms with E-state index in [-0.39, 0.29) is 11.3 Å². The van der Waals surface area contributed by atoms with E-state index in [4.69, 9.17) is 10.2 Å². The van der Waals surface area contributed by atoms with Gasteiger partial charge in [0.25, 0.3) is 5.69 Å². The van der Waals surface area contributed by atoms with Crippen LogP contribution in [0.2, 0.25) is 0 Å². The molecule has 0 saturated heterocycles. The van der Waals surface area contributed by atoms with E-state index < -0.39 is 16.9 Å². The number of rotatable bonds is 3. The van der Waals surface area contributed by atoms with Gasteiger partial charge in [-0.1, -0.05) is 6.58 Å². The fraction of sp³-hybridized carbons (Fsp3) is 0. The van der Waals surface area contributed by atoms with Crippen molar-refractivity contribution < 1.29 is 24.7 Å². The highest BCUT2D eigenvalue weighted by molar-refractivity contribution is 5.87. The first-order valence-corrected chi connectivity index (χ1v) is 4.21. The third-order valence-electron chi connectivity index (χ3n) is 1.50. The van der Waals surface area contributed by atoms with E-state index in [1.807, 2.05) is 0 Å². The SMILES string of the molecule is C=CC(=O)O.O=C(O)c1ccc([N+](=O)[O-])cc1. The first-order valence-electron chi connectivity index (χ1n) is 4.21. The Labute approximate surface area is 95.8 Å². The van der Waals surface area contributed by atoms with Crippen molar-refractivity contribution in [3.05, 3.63) is 52.6 Å². The summed E-state index contributed by atoms with van der Waals surface area (Å²) in [7, 11) is 0. The molecule has 2 N–H and O–H groups in total. The molecular weight excluding hydrogens is 230 g/mol. The first kappa shape index (κ1) is 14.3. The fourth-order valence-electron chi connectivity index (χ4n) is 0.726. The van der Waals surface area contributed by atoms with Crippen LogP contribution in [0.3, 0.4) is 0 Å². The number of non-ortho nitro benzene ring substituents is 1. The van der Waals surface area contributed by atoms with E-state index in [1.54, 1.807) is 0 Å². The van der Waals surface area contributed by atoms with Crippen LogP contribution in [0.5, 0.6) is 0 Å². The minimum Gasteiger partial charge on any atom is -0.478 e. The molecule has 0 unspecified atom stereocenters. The van der Waals surface area contributed by atoms with Gasteiger partial charge >= 0.3 is 11.9 Å². The van der Waals surface area contributed by atoms with Gasteiger partial charge in [0, 0.05) is 18.2 Å². The second kappa shape index (κ2) is 6.72. The van der Waals surface area contributed by atoms with Crippen molar-refractivity contribution in [2.45, 2.75) is 0 Å². The second-order valence-corrected chi connectivity index (χ2v) is 2.65. The van der Waals surface area contributed by atoms with Crippen molar-refractivity contribution in [2.75, 3.05) is 0 Å². The summed E-state index contributed by atoms with van der Waals surface area (Å²) in [6.45, 7) is 2.96. The van der Waals surface area contributed by atoms with Crippen LogP contribution >= 0.6 is 0 Å². The van der Waals surface area contributed by atoms with E-state index in [0.29, 0.717) is 0 Å². The number of aromatic carboxylic acids is 1. The van der Waals surface area contributed by atoms with Crippen LogP contribution in [0.4, 0.5) is 5.69 Å². The van der Waals surface area contributed by atoms with Gasteiger partial charge in [0.15, 0.2) is 0 Å². The highest BCUT2D eigenvalue weighted by atomic mass is 16.6. The summed E-state index contributed by atoms with van der Waals surface area (Å²) in [5.74, 6) is -2.07. The quantitative estimate of drug-likeness (QED) is 0.469. The van der Waals surface area contributed by atoms with E-state index in [0.717, 1.165) is 18.2 Å². The third-order valence-corrected chi connectivity index (χ3v) is 1.50. The smallest absolute Gasteiger partial charge is 0.335 e. The van der Waals surface area contributed by atoms with Crippen LogP contribution in [0.25, 0.3) is 0 Å². The highest BCUT2D eigenvalue weighted by Crippen LogP contribution is 2.11. The van der Waals surface area contributed by atoms with E-state index >= 15 is 0 Å². The number of carboxylic acid groups (broad SMARTS) is 2. The van der Waals surface area contributed by atoms with E-state index in [1.165, 1.54) is 12.1 Å². The topological polar surface area (TPSA) is 118 Å². The maximum Gasteiger partial charge on any atom is 0.335 e. The number of nitro benzene ring substituents is 1. The molecule has 7 nitrogen and oxygen atoms in total. The van der Waals surface area contributed by atoms with Crippen LogP contribution in [0.15, 0.2) is 36.9 Å². The molecule has 0 heterocycles. The monoisotopic (exact) mass is 239 g/mol. The molecule has 7 heteroatoms. The lowest BCUT2D eigenvalue weighted by Crippen LogP contribution is -1.96. The summed E-state index contributed by atoms with van der Waals surface area (Å²) >= 11 is 0. The van der Waals surface area contributed by atoms with Crippen LogP contribution in [0, 0.1) is 10.1 Å². The standard InChI is InChI=1S/C7H5NO4.C3H4O2/c9-7(10)5-1-3-6(4-2-5)8(11)12;1-2-3(4)5/h1-4H,(H,9,10);2H,1H2,(H,4,5).